The molecular weight excluding hydrogens is 560 g/mol. The molecule has 40 heavy (non-hydrogen) atoms. The number of carbonyl (C=O) groups excluding carboxylic acids is 3. The predicted octanol–water partition coefficient (Wildman–Crippen LogP) is 1.80. The average molecular weight is 592 g/mol. The molecule has 2 unspecified atom stereocenters. The molecule has 5 rings (SSSR count). The van der Waals surface area contributed by atoms with Crippen LogP contribution < -0.4 is 40.0 Å². The number of aliphatic imine (C=N–C) groups is 1. The molecule has 206 valence electrons. The zero-order chi connectivity index (χ0) is 27.9. The maximum atomic E-state index is 14.3. The van der Waals surface area contributed by atoms with Crippen molar-refractivity contribution in [2.75, 3.05) is 6.54 Å². The van der Waals surface area contributed by atoms with Crippen LogP contribution in [0, 0.1) is 17.8 Å². The number of benzene rings is 2. The largest absolute Gasteiger partial charge is 1.00 e. The van der Waals surface area contributed by atoms with Crippen LogP contribution in [0.1, 0.15) is 79.9 Å². The number of nitrogens with zero attached hydrogens (tertiary/aromatic N) is 2. The molecule has 3 atom stereocenters. The van der Waals surface area contributed by atoms with Crippen LogP contribution in [0.15, 0.2) is 47.5 Å². The molecule has 10 heteroatoms. The van der Waals surface area contributed by atoms with Gasteiger partial charge in [0, 0.05) is 40.1 Å². The number of nitrogens with one attached hydrogen (secondary N) is 1. The summed E-state index contributed by atoms with van der Waals surface area (Å²) >= 11 is 12.6. The van der Waals surface area contributed by atoms with Gasteiger partial charge in [-0.1, -0.05) is 49.2 Å². The molecule has 3 aliphatic rings. The van der Waals surface area contributed by atoms with Gasteiger partial charge in [-0.05, 0) is 85.8 Å². The van der Waals surface area contributed by atoms with Gasteiger partial charge < -0.3 is 20.1 Å². The van der Waals surface area contributed by atoms with Crippen LogP contribution in [0.2, 0.25) is 10.0 Å². The van der Waals surface area contributed by atoms with Crippen molar-refractivity contribution in [2.24, 2.45) is 22.7 Å². The van der Waals surface area contributed by atoms with E-state index < -0.39 is 11.6 Å². The smallest absolute Gasteiger partial charge is 0.550 e. The fourth-order valence-electron chi connectivity index (χ4n) is 6.47. The summed E-state index contributed by atoms with van der Waals surface area (Å²) in [5.41, 5.74) is 1.76. The summed E-state index contributed by atoms with van der Waals surface area (Å²) in [5, 5.41) is 14.2. The fourth-order valence-corrected chi connectivity index (χ4v) is 7.00. The Labute approximate surface area is 267 Å². The van der Waals surface area contributed by atoms with Crippen LogP contribution >= 0.6 is 23.2 Å². The molecule has 1 heterocycles. The summed E-state index contributed by atoms with van der Waals surface area (Å²) < 4.78 is 0. The molecule has 0 aromatic heterocycles. The van der Waals surface area contributed by atoms with Crippen molar-refractivity contribution < 1.29 is 49.0 Å². The Balaban J connectivity index is 0.00000370. The van der Waals surface area contributed by atoms with E-state index in [9.17, 15) is 19.5 Å². The van der Waals surface area contributed by atoms with E-state index in [0.29, 0.717) is 44.6 Å². The van der Waals surface area contributed by atoms with E-state index in [4.69, 9.17) is 28.2 Å². The summed E-state index contributed by atoms with van der Waals surface area (Å²) in [6.07, 6.45) is 4.43. The van der Waals surface area contributed by atoms with Gasteiger partial charge in [-0.3, -0.25) is 14.6 Å². The van der Waals surface area contributed by atoms with Crippen molar-refractivity contribution in [2.45, 2.75) is 64.1 Å². The number of amides is 2. The number of hydrogen-bond donors (Lipinski definition) is 1. The van der Waals surface area contributed by atoms with Gasteiger partial charge in [0.2, 0.25) is 0 Å². The van der Waals surface area contributed by atoms with Crippen molar-refractivity contribution in [3.63, 3.8) is 0 Å². The third kappa shape index (κ3) is 6.60. The zero-order valence-electron chi connectivity index (χ0n) is 23.1. The first kappa shape index (κ1) is 31.0. The van der Waals surface area contributed by atoms with Gasteiger partial charge in [0.1, 0.15) is 11.4 Å². The number of rotatable bonds is 8. The Morgan fingerprint density at radius 2 is 1.68 bits per heavy atom. The summed E-state index contributed by atoms with van der Waals surface area (Å²) in [5.74, 6) is -0.564. The molecule has 2 saturated carbocycles. The van der Waals surface area contributed by atoms with Crippen LogP contribution in [0.25, 0.3) is 0 Å². The Hall–Kier alpha value is -1.90. The van der Waals surface area contributed by atoms with Crippen molar-refractivity contribution >= 4 is 46.7 Å². The number of halogens is 2. The third-order valence-corrected chi connectivity index (χ3v) is 8.39. The van der Waals surface area contributed by atoms with Crippen molar-refractivity contribution in [1.82, 2.24) is 10.2 Å². The minimum atomic E-state index is -1.21. The van der Waals surface area contributed by atoms with Crippen LogP contribution in [-0.4, -0.2) is 40.6 Å². The monoisotopic (exact) mass is 591 g/mol. The Morgan fingerprint density at radius 1 is 1.07 bits per heavy atom. The molecule has 2 aromatic carbocycles. The van der Waals surface area contributed by atoms with Crippen LogP contribution in [0.5, 0.6) is 0 Å². The number of carboxylic acid groups (broad SMARTS) is 1. The molecule has 2 amide bonds. The first-order valence-corrected chi connectivity index (χ1v) is 14.3. The quantitative estimate of drug-likeness (QED) is 0.473. The van der Waals surface area contributed by atoms with Crippen molar-refractivity contribution in [1.29, 1.82) is 0 Å². The fraction of sp³-hybridized carbons (Fsp3) is 0.467. The van der Waals surface area contributed by atoms with E-state index in [1.807, 2.05) is 17.0 Å². The zero-order valence-corrected chi connectivity index (χ0v) is 26.6. The third-order valence-electron chi connectivity index (χ3n) is 7.96. The molecule has 0 radical (unpaired) electrons. The molecule has 2 aliphatic carbocycles. The number of carbonyl (C=O) groups is 3. The SMILES string of the molecule is CC1CC(C)CC2(C1)N=C(c1cc(Cl)cc(Cl)c1)C(=O)N2[C@@H](c1ccc(C(=O)NCCC(=O)[O-])cc1)C1CC1.[Na+]. The van der Waals surface area contributed by atoms with Crippen LogP contribution in [0.3, 0.4) is 0 Å². The maximum absolute atomic E-state index is 14.3. The van der Waals surface area contributed by atoms with Crippen molar-refractivity contribution in [3.8, 4) is 0 Å². The van der Waals surface area contributed by atoms with E-state index in [2.05, 4.69) is 19.2 Å². The molecule has 0 bridgehead atoms. The van der Waals surface area contributed by atoms with Gasteiger partial charge in [-0.2, -0.15) is 0 Å². The Kier molecular flexibility index (Phi) is 9.73. The van der Waals surface area contributed by atoms with Crippen LogP contribution in [0.4, 0.5) is 0 Å². The van der Waals surface area contributed by atoms with E-state index in [1.54, 1.807) is 30.3 Å². The first-order valence-electron chi connectivity index (χ1n) is 13.5. The van der Waals surface area contributed by atoms with Crippen molar-refractivity contribution in [3.05, 3.63) is 69.2 Å². The molecule has 1 N–H and O–H groups in total. The van der Waals surface area contributed by atoms with E-state index in [0.717, 1.165) is 37.7 Å². The predicted molar refractivity (Wildman–Crippen MR) is 149 cm³/mol. The topological polar surface area (TPSA) is 102 Å². The van der Waals surface area contributed by atoms with E-state index in [1.165, 1.54) is 0 Å². The number of hydrogen-bond acceptors (Lipinski definition) is 5. The molecular formula is C30H32Cl2N3NaO4. The minimum Gasteiger partial charge on any atom is -0.550 e. The normalized spacial score (nSPS) is 24.9. The molecule has 7 nitrogen and oxygen atoms in total. The summed E-state index contributed by atoms with van der Waals surface area (Å²) in [6.45, 7) is 4.45. The molecule has 0 saturated heterocycles. The van der Waals surface area contributed by atoms with Gasteiger partial charge in [-0.15, -0.1) is 0 Å². The number of carboxylic acids is 1. The van der Waals surface area contributed by atoms with E-state index in [-0.39, 0.29) is 60.4 Å². The molecule has 2 fully saturated rings. The summed E-state index contributed by atoms with van der Waals surface area (Å²) in [7, 11) is 0. The number of aliphatic carboxylic acids is 1. The second kappa shape index (κ2) is 12.5. The van der Waals surface area contributed by atoms with Crippen LogP contribution in [-0.2, 0) is 9.59 Å². The van der Waals surface area contributed by atoms with Gasteiger partial charge >= 0.3 is 29.6 Å². The second-order valence-electron chi connectivity index (χ2n) is 11.4. The summed E-state index contributed by atoms with van der Waals surface area (Å²) in [4.78, 5) is 44.7. The standard InChI is InChI=1S/C30H33Cl2N3O4.Na/c1-17-11-18(2)16-30(15-17)34-26(22-12-23(31)14-24(32)13-22)29(39)35(30)27(19-3-4-19)20-5-7-21(8-6-20)28(38)33-10-9-25(36)37;/h5-8,12-14,17-19,27H,3-4,9-11,15-16H2,1-2H3,(H,33,38)(H,36,37);/q;+1/p-1/t17?,18?,27-,30?;/m1./s1. The molecule has 2 aromatic rings. The Morgan fingerprint density at radius 3 is 2.23 bits per heavy atom. The molecule has 1 spiro atoms. The van der Waals surface area contributed by atoms with E-state index >= 15 is 0 Å². The molecule has 1 aliphatic heterocycles. The average Bonchev–Trinajstić information content (AvgIpc) is 3.65. The second-order valence-corrected chi connectivity index (χ2v) is 12.3. The Bertz CT molecular complexity index is 1300. The summed E-state index contributed by atoms with van der Waals surface area (Å²) in [6, 6.07) is 12.2. The van der Waals surface area contributed by atoms with Gasteiger partial charge in [0.25, 0.3) is 11.8 Å². The minimum absolute atomic E-state index is 0. The first-order chi connectivity index (χ1) is 18.6. The van der Waals surface area contributed by atoms with Gasteiger partial charge in [0.15, 0.2) is 0 Å². The van der Waals surface area contributed by atoms with Gasteiger partial charge in [-0.25, -0.2) is 0 Å². The van der Waals surface area contributed by atoms with Gasteiger partial charge in [0.05, 0.1) is 6.04 Å². The maximum Gasteiger partial charge on any atom is 1.00 e.